The summed E-state index contributed by atoms with van der Waals surface area (Å²) in [7, 11) is 0. The Bertz CT molecular complexity index is 1150. The van der Waals surface area contributed by atoms with Crippen molar-refractivity contribution in [2.24, 2.45) is 0 Å². The first-order valence-electron chi connectivity index (χ1n) is 9.56. The Hall–Kier alpha value is -3.55. The molecule has 1 saturated carbocycles. The van der Waals surface area contributed by atoms with Gasteiger partial charge in [0, 0.05) is 23.4 Å². The molecule has 8 heteroatoms. The van der Waals surface area contributed by atoms with Gasteiger partial charge in [-0.15, -0.1) is 0 Å². The van der Waals surface area contributed by atoms with Crippen LogP contribution in [0.1, 0.15) is 44.8 Å². The number of nitrogens with one attached hydrogen (secondary N) is 2. The molecule has 0 radical (unpaired) electrons. The van der Waals surface area contributed by atoms with Crippen molar-refractivity contribution < 1.29 is 18.4 Å². The van der Waals surface area contributed by atoms with Crippen LogP contribution in [0.25, 0.3) is 5.69 Å². The third-order valence-corrected chi connectivity index (χ3v) is 5.05. The average molecular weight is 410 g/mol. The topological polar surface area (TPSA) is 76.0 Å². The first-order valence-corrected chi connectivity index (χ1v) is 9.56. The molecule has 0 saturated heterocycles. The normalized spacial score (nSPS) is 13.2. The van der Waals surface area contributed by atoms with E-state index in [-0.39, 0.29) is 23.2 Å². The standard InChI is InChI=1S/C22H20F2N4O2/c1-12-3-4-14(21(29)26-16-6-7-16)9-19(12)27-22(30)17-11-25-28(13(17)2)20-10-15(23)5-8-18(20)24/h3-5,8-11,16H,6-7H2,1-2H3,(H,26,29)(H,27,30). The first kappa shape index (κ1) is 19.8. The molecule has 0 bridgehead atoms. The Morgan fingerprint density at radius 3 is 2.57 bits per heavy atom. The van der Waals surface area contributed by atoms with Gasteiger partial charge >= 0.3 is 0 Å². The number of benzene rings is 2. The van der Waals surface area contributed by atoms with Crippen LogP contribution in [0.2, 0.25) is 0 Å². The van der Waals surface area contributed by atoms with Gasteiger partial charge < -0.3 is 10.6 Å². The van der Waals surface area contributed by atoms with Crippen molar-refractivity contribution >= 4 is 17.5 Å². The lowest BCUT2D eigenvalue weighted by Gasteiger charge is -2.11. The molecular formula is C22H20F2N4O2. The van der Waals surface area contributed by atoms with Gasteiger partial charge in [0.15, 0.2) is 0 Å². The highest BCUT2D eigenvalue weighted by Gasteiger charge is 2.24. The second kappa shape index (κ2) is 7.70. The second-order valence-electron chi connectivity index (χ2n) is 7.38. The lowest BCUT2D eigenvalue weighted by atomic mass is 10.1. The Kier molecular flexibility index (Phi) is 5.07. The summed E-state index contributed by atoms with van der Waals surface area (Å²) in [4.78, 5) is 25.1. The second-order valence-corrected chi connectivity index (χ2v) is 7.38. The molecule has 0 atom stereocenters. The maximum absolute atomic E-state index is 14.1. The van der Waals surface area contributed by atoms with Crippen molar-refractivity contribution in [1.82, 2.24) is 15.1 Å². The number of nitrogens with zero attached hydrogens (tertiary/aromatic N) is 2. The zero-order valence-electron chi connectivity index (χ0n) is 16.5. The van der Waals surface area contributed by atoms with Crippen molar-refractivity contribution in [1.29, 1.82) is 0 Å². The van der Waals surface area contributed by atoms with E-state index in [2.05, 4.69) is 15.7 Å². The van der Waals surface area contributed by atoms with Crippen LogP contribution in [0.3, 0.4) is 0 Å². The van der Waals surface area contributed by atoms with Crippen molar-refractivity contribution in [3.05, 3.63) is 76.6 Å². The number of halogens is 2. The first-order chi connectivity index (χ1) is 14.3. The van der Waals surface area contributed by atoms with Gasteiger partial charge in [-0.05, 0) is 56.5 Å². The van der Waals surface area contributed by atoms with E-state index in [1.54, 1.807) is 25.1 Å². The summed E-state index contributed by atoms with van der Waals surface area (Å²) < 4.78 is 28.8. The molecule has 1 heterocycles. The van der Waals surface area contributed by atoms with Crippen LogP contribution < -0.4 is 10.6 Å². The Morgan fingerprint density at radius 2 is 1.83 bits per heavy atom. The van der Waals surface area contributed by atoms with Gasteiger partial charge in [-0.3, -0.25) is 9.59 Å². The van der Waals surface area contributed by atoms with Crippen LogP contribution in [-0.2, 0) is 0 Å². The molecular weight excluding hydrogens is 390 g/mol. The van der Waals surface area contributed by atoms with Crippen molar-refractivity contribution in [2.75, 3.05) is 5.32 Å². The summed E-state index contributed by atoms with van der Waals surface area (Å²) in [5.41, 5.74) is 2.22. The minimum Gasteiger partial charge on any atom is -0.349 e. The fourth-order valence-electron chi connectivity index (χ4n) is 3.11. The molecule has 1 aliphatic rings. The molecule has 4 rings (SSSR count). The third-order valence-electron chi connectivity index (χ3n) is 5.05. The summed E-state index contributed by atoms with van der Waals surface area (Å²) in [6, 6.07) is 8.36. The largest absolute Gasteiger partial charge is 0.349 e. The number of carbonyl (C=O) groups is 2. The molecule has 0 aliphatic heterocycles. The number of carbonyl (C=O) groups excluding carboxylic acids is 2. The number of amides is 2. The lowest BCUT2D eigenvalue weighted by Crippen LogP contribution is -2.25. The molecule has 0 spiro atoms. The van der Waals surface area contributed by atoms with Gasteiger partial charge in [0.2, 0.25) is 0 Å². The molecule has 2 N–H and O–H groups in total. The molecule has 1 aliphatic carbocycles. The molecule has 0 unspecified atom stereocenters. The number of rotatable bonds is 5. The zero-order chi connectivity index (χ0) is 21.4. The molecule has 154 valence electrons. The predicted octanol–water partition coefficient (Wildman–Crippen LogP) is 3.91. The van der Waals surface area contributed by atoms with E-state index >= 15 is 0 Å². The summed E-state index contributed by atoms with van der Waals surface area (Å²) in [5, 5.41) is 9.74. The zero-order valence-corrected chi connectivity index (χ0v) is 16.5. The Labute approximate surface area is 171 Å². The highest BCUT2D eigenvalue weighted by molar-refractivity contribution is 6.06. The Morgan fingerprint density at radius 1 is 1.07 bits per heavy atom. The van der Waals surface area contributed by atoms with E-state index < -0.39 is 17.5 Å². The van der Waals surface area contributed by atoms with Gasteiger partial charge in [-0.25, -0.2) is 13.5 Å². The lowest BCUT2D eigenvalue weighted by molar-refractivity contribution is 0.0949. The van der Waals surface area contributed by atoms with E-state index in [9.17, 15) is 18.4 Å². The highest BCUT2D eigenvalue weighted by Crippen LogP contribution is 2.23. The van der Waals surface area contributed by atoms with Gasteiger partial charge in [0.05, 0.1) is 17.5 Å². The number of aromatic nitrogens is 2. The summed E-state index contributed by atoms with van der Waals surface area (Å²) in [6.07, 6.45) is 3.26. The van der Waals surface area contributed by atoms with E-state index in [4.69, 9.17) is 0 Å². The van der Waals surface area contributed by atoms with Crippen LogP contribution in [0.4, 0.5) is 14.5 Å². The number of hydrogen-bond donors (Lipinski definition) is 2. The fraction of sp³-hybridized carbons (Fsp3) is 0.227. The quantitative estimate of drug-likeness (QED) is 0.670. The van der Waals surface area contributed by atoms with Crippen LogP contribution in [-0.4, -0.2) is 27.6 Å². The molecule has 6 nitrogen and oxygen atoms in total. The van der Waals surface area contributed by atoms with Crippen LogP contribution in [0.5, 0.6) is 0 Å². The van der Waals surface area contributed by atoms with Crippen LogP contribution in [0, 0.1) is 25.5 Å². The molecule has 1 fully saturated rings. The molecule has 3 aromatic rings. The van der Waals surface area contributed by atoms with Gasteiger partial charge in [0.25, 0.3) is 11.8 Å². The van der Waals surface area contributed by atoms with Gasteiger partial charge in [-0.2, -0.15) is 5.10 Å². The van der Waals surface area contributed by atoms with Crippen molar-refractivity contribution in [3.8, 4) is 5.69 Å². The molecule has 2 amide bonds. The van der Waals surface area contributed by atoms with Crippen molar-refractivity contribution in [3.63, 3.8) is 0 Å². The highest BCUT2D eigenvalue weighted by atomic mass is 19.1. The molecule has 1 aromatic heterocycles. The molecule has 30 heavy (non-hydrogen) atoms. The van der Waals surface area contributed by atoms with Gasteiger partial charge in [-0.1, -0.05) is 6.07 Å². The predicted molar refractivity (Wildman–Crippen MR) is 108 cm³/mol. The summed E-state index contributed by atoms with van der Waals surface area (Å²) >= 11 is 0. The number of anilines is 1. The van der Waals surface area contributed by atoms with E-state index in [1.165, 1.54) is 10.9 Å². The van der Waals surface area contributed by atoms with E-state index in [1.807, 2.05) is 6.92 Å². The maximum atomic E-state index is 14.1. The SMILES string of the molecule is Cc1ccc(C(=O)NC2CC2)cc1NC(=O)c1cnn(-c2cc(F)ccc2F)c1C. The summed E-state index contributed by atoms with van der Waals surface area (Å²) in [5.74, 6) is -1.90. The van der Waals surface area contributed by atoms with Crippen LogP contribution >= 0.6 is 0 Å². The number of hydrogen-bond acceptors (Lipinski definition) is 3. The number of aryl methyl sites for hydroxylation is 1. The molecule has 2 aromatic carbocycles. The fourth-order valence-corrected chi connectivity index (χ4v) is 3.11. The minimum atomic E-state index is -0.653. The third kappa shape index (κ3) is 3.94. The van der Waals surface area contributed by atoms with E-state index in [0.29, 0.717) is 16.9 Å². The van der Waals surface area contributed by atoms with E-state index in [0.717, 1.165) is 36.6 Å². The average Bonchev–Trinajstić information content (AvgIpc) is 3.44. The van der Waals surface area contributed by atoms with Crippen molar-refractivity contribution in [2.45, 2.75) is 32.7 Å². The Balaban J connectivity index is 1.58. The maximum Gasteiger partial charge on any atom is 0.259 e. The monoisotopic (exact) mass is 410 g/mol. The van der Waals surface area contributed by atoms with Gasteiger partial charge in [0.1, 0.15) is 17.3 Å². The smallest absolute Gasteiger partial charge is 0.259 e. The summed E-state index contributed by atoms with van der Waals surface area (Å²) in [6.45, 7) is 3.41. The minimum absolute atomic E-state index is 0.0820. The van der Waals surface area contributed by atoms with Crippen LogP contribution in [0.15, 0.2) is 42.6 Å².